The first-order valence-corrected chi connectivity index (χ1v) is 10.4. The average molecular weight is 408 g/mol. The molecular formula is C24H28N2O4. The SMILES string of the molecule is CNC(=O)C1c2cc(OC)c(OC)cc2C2(CCCC2)CN1C(=O)c1ccccc1. The van der Waals surface area contributed by atoms with Crippen LogP contribution in [-0.4, -0.2) is 44.5 Å². The molecule has 1 N–H and O–H groups in total. The number of carbonyl (C=O) groups excluding carboxylic acids is 2. The number of amides is 2. The van der Waals surface area contributed by atoms with Gasteiger partial charge in [-0.2, -0.15) is 0 Å². The van der Waals surface area contributed by atoms with E-state index in [0.717, 1.165) is 36.8 Å². The van der Waals surface area contributed by atoms with Crippen LogP contribution in [0.4, 0.5) is 0 Å². The zero-order chi connectivity index (χ0) is 21.3. The van der Waals surface area contributed by atoms with Crippen LogP contribution in [-0.2, 0) is 10.2 Å². The van der Waals surface area contributed by atoms with Crippen LogP contribution >= 0.6 is 0 Å². The molecule has 2 aromatic carbocycles. The van der Waals surface area contributed by atoms with Gasteiger partial charge in [0.2, 0.25) is 5.91 Å². The van der Waals surface area contributed by atoms with Crippen LogP contribution in [0.3, 0.4) is 0 Å². The number of hydrogen-bond acceptors (Lipinski definition) is 4. The lowest BCUT2D eigenvalue weighted by atomic mass is 9.71. The third-order valence-corrected chi connectivity index (χ3v) is 6.54. The molecule has 1 aliphatic carbocycles. The minimum Gasteiger partial charge on any atom is -0.493 e. The lowest BCUT2D eigenvalue weighted by molar-refractivity contribution is -0.126. The van der Waals surface area contributed by atoms with Gasteiger partial charge in [-0.1, -0.05) is 31.0 Å². The van der Waals surface area contributed by atoms with E-state index in [4.69, 9.17) is 9.47 Å². The van der Waals surface area contributed by atoms with Crippen molar-refractivity contribution in [3.05, 3.63) is 59.2 Å². The first-order chi connectivity index (χ1) is 14.5. The van der Waals surface area contributed by atoms with Crippen molar-refractivity contribution < 1.29 is 19.1 Å². The maximum Gasteiger partial charge on any atom is 0.254 e. The molecule has 6 nitrogen and oxygen atoms in total. The summed E-state index contributed by atoms with van der Waals surface area (Å²) in [4.78, 5) is 28.3. The molecule has 6 heteroatoms. The van der Waals surface area contributed by atoms with Gasteiger partial charge in [-0.3, -0.25) is 9.59 Å². The molecule has 1 spiro atoms. The van der Waals surface area contributed by atoms with Gasteiger partial charge in [0, 0.05) is 24.6 Å². The third-order valence-electron chi connectivity index (χ3n) is 6.54. The molecule has 0 radical (unpaired) electrons. The molecule has 158 valence electrons. The van der Waals surface area contributed by atoms with Crippen LogP contribution < -0.4 is 14.8 Å². The number of likely N-dealkylation sites (N-methyl/N-ethyl adjacent to an activating group) is 1. The predicted octanol–water partition coefficient (Wildman–Crippen LogP) is 3.46. The summed E-state index contributed by atoms with van der Waals surface area (Å²) in [6, 6.07) is 12.3. The standard InChI is InChI=1S/C24H28N2O4/c1-25-22(27)21-17-13-19(29-2)20(30-3)14-18(17)24(11-7-8-12-24)15-26(21)23(28)16-9-5-4-6-10-16/h4-6,9-10,13-14,21H,7-8,11-12,15H2,1-3H3,(H,25,27). The highest BCUT2D eigenvalue weighted by atomic mass is 16.5. The Balaban J connectivity index is 1.91. The van der Waals surface area contributed by atoms with Crippen LogP contribution in [0.5, 0.6) is 11.5 Å². The van der Waals surface area contributed by atoms with Crippen LogP contribution in [0.25, 0.3) is 0 Å². The monoisotopic (exact) mass is 408 g/mol. The van der Waals surface area contributed by atoms with E-state index in [1.54, 1.807) is 38.3 Å². The Morgan fingerprint density at radius 3 is 2.27 bits per heavy atom. The van der Waals surface area contributed by atoms with E-state index in [2.05, 4.69) is 5.32 Å². The number of carbonyl (C=O) groups is 2. The molecule has 0 aromatic heterocycles. The van der Waals surface area contributed by atoms with Gasteiger partial charge in [-0.15, -0.1) is 0 Å². The minimum atomic E-state index is -0.719. The Morgan fingerprint density at radius 1 is 1.03 bits per heavy atom. The molecule has 2 aliphatic rings. The van der Waals surface area contributed by atoms with Crippen molar-refractivity contribution in [1.82, 2.24) is 10.2 Å². The van der Waals surface area contributed by atoms with Crippen LogP contribution in [0.1, 0.15) is 53.2 Å². The molecule has 1 unspecified atom stereocenters. The average Bonchev–Trinajstić information content (AvgIpc) is 3.26. The third kappa shape index (κ3) is 3.20. The van der Waals surface area contributed by atoms with E-state index >= 15 is 0 Å². The highest BCUT2D eigenvalue weighted by Crippen LogP contribution is 2.51. The van der Waals surface area contributed by atoms with E-state index < -0.39 is 6.04 Å². The summed E-state index contributed by atoms with van der Waals surface area (Å²) in [5.74, 6) is 0.879. The first kappa shape index (κ1) is 20.3. The highest BCUT2D eigenvalue weighted by Gasteiger charge is 2.49. The topological polar surface area (TPSA) is 67.9 Å². The van der Waals surface area contributed by atoms with Crippen molar-refractivity contribution >= 4 is 11.8 Å². The van der Waals surface area contributed by atoms with Gasteiger partial charge in [-0.25, -0.2) is 0 Å². The summed E-state index contributed by atoms with van der Waals surface area (Å²) in [7, 11) is 4.81. The smallest absolute Gasteiger partial charge is 0.254 e. The maximum atomic E-state index is 13.5. The van der Waals surface area contributed by atoms with Gasteiger partial charge in [0.15, 0.2) is 11.5 Å². The number of ether oxygens (including phenoxy) is 2. The number of fused-ring (bicyclic) bond motifs is 2. The molecule has 0 saturated heterocycles. The summed E-state index contributed by atoms with van der Waals surface area (Å²) in [6.07, 6.45) is 4.17. The zero-order valence-electron chi connectivity index (χ0n) is 17.7. The summed E-state index contributed by atoms with van der Waals surface area (Å²) in [6.45, 7) is 0.515. The number of hydrogen-bond donors (Lipinski definition) is 1. The van der Waals surface area contributed by atoms with E-state index in [-0.39, 0.29) is 17.2 Å². The Hall–Kier alpha value is -3.02. The normalized spacial score (nSPS) is 19.3. The van der Waals surface area contributed by atoms with Crippen LogP contribution in [0, 0.1) is 0 Å². The summed E-state index contributed by atoms with van der Waals surface area (Å²) >= 11 is 0. The van der Waals surface area contributed by atoms with Crippen molar-refractivity contribution in [3.8, 4) is 11.5 Å². The van der Waals surface area contributed by atoms with Crippen LogP contribution in [0.2, 0.25) is 0 Å². The zero-order valence-corrected chi connectivity index (χ0v) is 17.7. The van der Waals surface area contributed by atoms with Gasteiger partial charge in [-0.05, 0) is 48.2 Å². The van der Waals surface area contributed by atoms with Crippen molar-refractivity contribution in [2.75, 3.05) is 27.8 Å². The van der Waals surface area contributed by atoms with Crippen molar-refractivity contribution in [2.24, 2.45) is 0 Å². The number of nitrogens with zero attached hydrogens (tertiary/aromatic N) is 1. The largest absolute Gasteiger partial charge is 0.493 e. The predicted molar refractivity (Wildman–Crippen MR) is 114 cm³/mol. The molecule has 1 aliphatic heterocycles. The van der Waals surface area contributed by atoms with E-state index in [0.29, 0.717) is 23.6 Å². The molecule has 4 rings (SSSR count). The second-order valence-electron chi connectivity index (χ2n) is 8.10. The summed E-state index contributed by atoms with van der Waals surface area (Å²) in [5, 5.41) is 2.75. The van der Waals surface area contributed by atoms with E-state index in [1.807, 2.05) is 30.3 Å². The van der Waals surface area contributed by atoms with Gasteiger partial charge < -0.3 is 19.7 Å². The number of benzene rings is 2. The lowest BCUT2D eigenvalue weighted by Gasteiger charge is -2.46. The fraction of sp³-hybridized carbons (Fsp3) is 0.417. The Kier molecular flexibility index (Phi) is 5.41. The van der Waals surface area contributed by atoms with Gasteiger partial charge in [0.05, 0.1) is 14.2 Å². The Bertz CT molecular complexity index is 951. The number of rotatable bonds is 4. The van der Waals surface area contributed by atoms with Crippen molar-refractivity contribution in [1.29, 1.82) is 0 Å². The molecule has 1 heterocycles. The molecule has 1 atom stereocenters. The molecule has 2 aromatic rings. The maximum absolute atomic E-state index is 13.5. The fourth-order valence-corrected chi connectivity index (χ4v) is 5.08. The number of nitrogens with one attached hydrogen (secondary N) is 1. The lowest BCUT2D eigenvalue weighted by Crippen LogP contribution is -2.53. The van der Waals surface area contributed by atoms with E-state index in [9.17, 15) is 9.59 Å². The van der Waals surface area contributed by atoms with Crippen molar-refractivity contribution in [2.45, 2.75) is 37.1 Å². The second kappa shape index (κ2) is 8.01. The quantitative estimate of drug-likeness (QED) is 0.841. The first-order valence-electron chi connectivity index (χ1n) is 10.4. The van der Waals surface area contributed by atoms with E-state index in [1.165, 1.54) is 0 Å². The Labute approximate surface area is 177 Å². The summed E-state index contributed by atoms with van der Waals surface area (Å²) < 4.78 is 11.1. The molecule has 1 saturated carbocycles. The van der Waals surface area contributed by atoms with Crippen LogP contribution in [0.15, 0.2) is 42.5 Å². The second-order valence-corrected chi connectivity index (χ2v) is 8.10. The van der Waals surface area contributed by atoms with Crippen molar-refractivity contribution in [3.63, 3.8) is 0 Å². The van der Waals surface area contributed by atoms with Gasteiger partial charge in [0.1, 0.15) is 6.04 Å². The van der Waals surface area contributed by atoms with Gasteiger partial charge >= 0.3 is 0 Å². The molecule has 2 amide bonds. The van der Waals surface area contributed by atoms with Gasteiger partial charge in [0.25, 0.3) is 5.91 Å². The summed E-state index contributed by atoms with van der Waals surface area (Å²) in [5.41, 5.74) is 2.33. The molecule has 30 heavy (non-hydrogen) atoms. The highest BCUT2D eigenvalue weighted by molar-refractivity contribution is 5.98. The molecule has 0 bridgehead atoms. The number of methoxy groups -OCH3 is 2. The fourth-order valence-electron chi connectivity index (χ4n) is 5.08. The molecular weight excluding hydrogens is 380 g/mol. The Morgan fingerprint density at radius 2 is 1.67 bits per heavy atom. The minimum absolute atomic E-state index is 0.129. The molecule has 1 fully saturated rings.